The van der Waals surface area contributed by atoms with Gasteiger partial charge < -0.3 is 20.1 Å². The van der Waals surface area contributed by atoms with Gasteiger partial charge in [0, 0.05) is 19.7 Å². The second kappa shape index (κ2) is 12.9. The molecule has 0 bridgehead atoms. The normalized spacial score (nSPS) is 12.3. The molecule has 0 aliphatic carbocycles. The van der Waals surface area contributed by atoms with Gasteiger partial charge >= 0.3 is 5.97 Å². The number of nitrogens with one attached hydrogen (secondary N) is 2. The number of hydrogen-bond acceptors (Lipinski definition) is 4. The van der Waals surface area contributed by atoms with Crippen molar-refractivity contribution < 1.29 is 14.3 Å². The Balaban J connectivity index is 0. The molecule has 18 heavy (non-hydrogen) atoms. The highest BCUT2D eigenvalue weighted by Gasteiger charge is 2.04. The minimum atomic E-state index is -0.255. The van der Waals surface area contributed by atoms with E-state index in [1.54, 1.807) is 7.11 Å². The SMILES string of the molecule is CCNC(=NCCC(=O)OC)NC(C)COC.I. The van der Waals surface area contributed by atoms with Crippen molar-refractivity contribution in [2.75, 3.05) is 33.9 Å². The molecule has 0 fully saturated rings. The number of halogens is 1. The molecule has 0 saturated carbocycles. The van der Waals surface area contributed by atoms with Crippen LogP contribution in [0.15, 0.2) is 4.99 Å². The molecule has 108 valence electrons. The van der Waals surface area contributed by atoms with Crippen molar-refractivity contribution in [2.24, 2.45) is 4.99 Å². The third-order valence-electron chi connectivity index (χ3n) is 1.96. The summed E-state index contributed by atoms with van der Waals surface area (Å²) in [5, 5.41) is 6.27. The van der Waals surface area contributed by atoms with Gasteiger partial charge in [0.25, 0.3) is 0 Å². The molecule has 0 aromatic rings. The summed E-state index contributed by atoms with van der Waals surface area (Å²) in [7, 11) is 3.02. The molecule has 0 heterocycles. The second-order valence-corrected chi connectivity index (χ2v) is 3.59. The molecule has 0 amide bonds. The summed E-state index contributed by atoms with van der Waals surface area (Å²) < 4.78 is 9.57. The number of esters is 1. The van der Waals surface area contributed by atoms with Crippen molar-refractivity contribution >= 4 is 35.9 Å². The van der Waals surface area contributed by atoms with Gasteiger partial charge in [0.2, 0.25) is 0 Å². The average molecular weight is 373 g/mol. The van der Waals surface area contributed by atoms with Crippen LogP contribution in [0.2, 0.25) is 0 Å². The quantitative estimate of drug-likeness (QED) is 0.298. The summed E-state index contributed by atoms with van der Waals surface area (Å²) in [4.78, 5) is 15.2. The highest BCUT2D eigenvalue weighted by atomic mass is 127. The van der Waals surface area contributed by atoms with E-state index in [2.05, 4.69) is 20.4 Å². The second-order valence-electron chi connectivity index (χ2n) is 3.59. The van der Waals surface area contributed by atoms with Crippen molar-refractivity contribution in [1.29, 1.82) is 0 Å². The molecular formula is C11H24IN3O3. The number of methoxy groups -OCH3 is 2. The predicted molar refractivity (Wildman–Crippen MR) is 82.5 cm³/mol. The van der Waals surface area contributed by atoms with Gasteiger partial charge in [-0.2, -0.15) is 0 Å². The molecule has 1 unspecified atom stereocenters. The van der Waals surface area contributed by atoms with Crippen LogP contribution in [0.5, 0.6) is 0 Å². The lowest BCUT2D eigenvalue weighted by atomic mass is 10.4. The Hall–Kier alpha value is -0.570. The van der Waals surface area contributed by atoms with E-state index >= 15 is 0 Å². The summed E-state index contributed by atoms with van der Waals surface area (Å²) in [6.07, 6.45) is 0.283. The van der Waals surface area contributed by atoms with Gasteiger partial charge in [0.15, 0.2) is 5.96 Å². The van der Waals surface area contributed by atoms with Crippen LogP contribution >= 0.6 is 24.0 Å². The Labute approximate surface area is 126 Å². The van der Waals surface area contributed by atoms with E-state index in [0.29, 0.717) is 19.1 Å². The fourth-order valence-corrected chi connectivity index (χ4v) is 1.21. The van der Waals surface area contributed by atoms with Crippen LogP contribution in [0, 0.1) is 0 Å². The van der Waals surface area contributed by atoms with Gasteiger partial charge in [0.05, 0.1) is 26.7 Å². The molecule has 0 rings (SSSR count). The van der Waals surface area contributed by atoms with Crippen molar-refractivity contribution in [2.45, 2.75) is 26.3 Å². The van der Waals surface area contributed by atoms with Crippen LogP contribution in [0.3, 0.4) is 0 Å². The highest BCUT2D eigenvalue weighted by Crippen LogP contribution is 1.87. The summed E-state index contributed by atoms with van der Waals surface area (Å²) in [6.45, 7) is 5.75. The maximum absolute atomic E-state index is 10.9. The number of aliphatic imine (C=N–C) groups is 1. The zero-order chi connectivity index (χ0) is 13.1. The Morgan fingerprint density at radius 1 is 1.39 bits per heavy atom. The molecule has 6 nitrogen and oxygen atoms in total. The van der Waals surface area contributed by atoms with E-state index in [1.807, 2.05) is 13.8 Å². The van der Waals surface area contributed by atoms with Gasteiger partial charge in [-0.3, -0.25) is 9.79 Å². The molecule has 0 spiro atoms. The van der Waals surface area contributed by atoms with Crippen LogP contribution in [-0.2, 0) is 14.3 Å². The van der Waals surface area contributed by atoms with Crippen LogP contribution in [0.1, 0.15) is 20.3 Å². The third kappa shape index (κ3) is 10.6. The summed E-state index contributed by atoms with van der Waals surface area (Å²) in [5.74, 6) is 0.426. The number of guanidine groups is 1. The fraction of sp³-hybridized carbons (Fsp3) is 0.818. The van der Waals surface area contributed by atoms with Crippen LogP contribution in [0.4, 0.5) is 0 Å². The number of carbonyl (C=O) groups is 1. The predicted octanol–water partition coefficient (Wildman–Crippen LogP) is 0.757. The van der Waals surface area contributed by atoms with Crippen LogP contribution < -0.4 is 10.6 Å². The van der Waals surface area contributed by atoms with Gasteiger partial charge in [-0.15, -0.1) is 24.0 Å². The Bertz CT molecular complexity index is 250. The molecule has 0 saturated heterocycles. The van der Waals surface area contributed by atoms with Gasteiger partial charge in [0.1, 0.15) is 0 Å². The topological polar surface area (TPSA) is 72.0 Å². The van der Waals surface area contributed by atoms with E-state index in [9.17, 15) is 4.79 Å². The molecular weight excluding hydrogens is 349 g/mol. The zero-order valence-electron chi connectivity index (χ0n) is 11.5. The van der Waals surface area contributed by atoms with E-state index in [-0.39, 0.29) is 42.4 Å². The Morgan fingerprint density at radius 2 is 2.06 bits per heavy atom. The first kappa shape index (κ1) is 19.8. The number of carbonyl (C=O) groups excluding carboxylic acids is 1. The number of nitrogens with zero attached hydrogens (tertiary/aromatic N) is 1. The summed E-state index contributed by atoms with van der Waals surface area (Å²) in [6, 6.07) is 0.163. The standard InChI is InChI=1S/C11H23N3O3.HI/c1-5-12-11(14-9(2)8-16-3)13-7-6-10(15)17-4;/h9H,5-8H2,1-4H3,(H2,12,13,14);1H. The maximum atomic E-state index is 10.9. The Morgan fingerprint density at radius 3 is 2.56 bits per heavy atom. The maximum Gasteiger partial charge on any atom is 0.307 e. The van der Waals surface area contributed by atoms with Gasteiger partial charge in [-0.25, -0.2) is 0 Å². The zero-order valence-corrected chi connectivity index (χ0v) is 13.8. The van der Waals surface area contributed by atoms with E-state index < -0.39 is 0 Å². The lowest BCUT2D eigenvalue weighted by molar-refractivity contribution is -0.140. The van der Waals surface area contributed by atoms with Crippen LogP contribution in [0.25, 0.3) is 0 Å². The molecule has 2 N–H and O–H groups in total. The summed E-state index contributed by atoms with van der Waals surface area (Å²) >= 11 is 0. The fourth-order valence-electron chi connectivity index (χ4n) is 1.21. The first-order chi connectivity index (χ1) is 8.13. The first-order valence-corrected chi connectivity index (χ1v) is 5.74. The molecule has 0 aromatic carbocycles. The number of ether oxygens (including phenoxy) is 2. The summed E-state index contributed by atoms with van der Waals surface area (Å²) in [5.41, 5.74) is 0. The number of hydrogen-bond donors (Lipinski definition) is 2. The molecule has 1 atom stereocenters. The van der Waals surface area contributed by atoms with Gasteiger partial charge in [-0.1, -0.05) is 0 Å². The van der Waals surface area contributed by atoms with Gasteiger partial charge in [-0.05, 0) is 13.8 Å². The van der Waals surface area contributed by atoms with Crippen molar-refractivity contribution in [3.63, 3.8) is 0 Å². The average Bonchev–Trinajstić information content (AvgIpc) is 2.29. The van der Waals surface area contributed by atoms with E-state index in [1.165, 1.54) is 7.11 Å². The van der Waals surface area contributed by atoms with Crippen molar-refractivity contribution in [1.82, 2.24) is 10.6 Å². The minimum Gasteiger partial charge on any atom is -0.469 e. The third-order valence-corrected chi connectivity index (χ3v) is 1.96. The molecule has 0 aromatic heterocycles. The van der Waals surface area contributed by atoms with Crippen molar-refractivity contribution in [3.05, 3.63) is 0 Å². The molecule has 7 heteroatoms. The lowest BCUT2D eigenvalue weighted by Gasteiger charge is -2.16. The monoisotopic (exact) mass is 373 g/mol. The van der Waals surface area contributed by atoms with E-state index in [0.717, 1.165) is 6.54 Å². The smallest absolute Gasteiger partial charge is 0.307 e. The lowest BCUT2D eigenvalue weighted by Crippen LogP contribution is -2.44. The van der Waals surface area contributed by atoms with E-state index in [4.69, 9.17) is 4.74 Å². The van der Waals surface area contributed by atoms with Crippen LogP contribution in [-0.4, -0.2) is 51.9 Å². The first-order valence-electron chi connectivity index (χ1n) is 5.74. The minimum absolute atomic E-state index is 0. The van der Waals surface area contributed by atoms with Crippen molar-refractivity contribution in [3.8, 4) is 0 Å². The highest BCUT2D eigenvalue weighted by molar-refractivity contribution is 14.0. The Kier molecular flexibility index (Phi) is 14.1. The molecule has 0 aliphatic rings. The number of rotatable bonds is 7. The molecule has 0 radical (unpaired) electrons. The largest absolute Gasteiger partial charge is 0.469 e. The molecule has 0 aliphatic heterocycles.